The molecule has 0 radical (unpaired) electrons. The van der Waals surface area contributed by atoms with E-state index in [-0.39, 0.29) is 24.6 Å². The molecule has 1 amide bonds. The number of allylic oxidation sites excluding steroid dienone is 1. The summed E-state index contributed by atoms with van der Waals surface area (Å²) in [6.45, 7) is 1.95. The average Bonchev–Trinajstić information content (AvgIpc) is 2.56. The van der Waals surface area contributed by atoms with Crippen LogP contribution in [0.2, 0.25) is 0 Å². The second-order valence-electron chi connectivity index (χ2n) is 5.88. The van der Waals surface area contributed by atoms with Gasteiger partial charge in [0.15, 0.2) is 18.1 Å². The van der Waals surface area contributed by atoms with Crippen LogP contribution in [0, 0.1) is 0 Å². The zero-order chi connectivity index (χ0) is 16.7. The lowest BCUT2D eigenvalue weighted by atomic mass is 9.92. The highest BCUT2D eigenvalue weighted by Crippen LogP contribution is 2.28. The van der Waals surface area contributed by atoms with Crippen molar-refractivity contribution in [2.45, 2.75) is 44.7 Å². The predicted octanol–water partition coefficient (Wildman–Crippen LogP) is 2.49. The molecule has 0 heterocycles. The molecule has 1 saturated carbocycles. The fraction of sp³-hybridized carbons (Fsp3) is 0.500. The van der Waals surface area contributed by atoms with Crippen molar-refractivity contribution in [1.29, 1.82) is 0 Å². The first-order chi connectivity index (χ1) is 11.1. The van der Waals surface area contributed by atoms with Gasteiger partial charge in [0.05, 0.1) is 7.11 Å². The summed E-state index contributed by atoms with van der Waals surface area (Å²) < 4.78 is 10.9. The monoisotopic (exact) mass is 318 g/mol. The smallest absolute Gasteiger partial charge is 0.258 e. The number of amides is 1. The Labute approximate surface area is 137 Å². The van der Waals surface area contributed by atoms with Crippen molar-refractivity contribution in [3.8, 4) is 11.5 Å². The molecule has 2 rings (SSSR count). The standard InChI is InChI=1S/C18H26N2O3/c1-3-4-13-5-10-16(17(11-13)22-2)23-12-18(21)20-15-8-6-14(19)7-9-15/h3-5,10-11,14-15H,6-9,12,19H2,1-2H3,(H,20,21)/b4-3+. The highest BCUT2D eigenvalue weighted by molar-refractivity contribution is 5.78. The maximum absolute atomic E-state index is 12.0. The largest absolute Gasteiger partial charge is 0.493 e. The van der Waals surface area contributed by atoms with Gasteiger partial charge in [-0.05, 0) is 50.3 Å². The van der Waals surface area contributed by atoms with Gasteiger partial charge >= 0.3 is 0 Å². The highest BCUT2D eigenvalue weighted by atomic mass is 16.5. The van der Waals surface area contributed by atoms with Gasteiger partial charge in [-0.25, -0.2) is 0 Å². The average molecular weight is 318 g/mol. The first-order valence-electron chi connectivity index (χ1n) is 8.11. The number of rotatable bonds is 6. The molecule has 0 aromatic heterocycles. The molecule has 0 bridgehead atoms. The minimum atomic E-state index is -0.106. The molecule has 1 aromatic rings. The minimum absolute atomic E-state index is 0.0120. The molecule has 1 aromatic carbocycles. The molecule has 1 aliphatic carbocycles. The molecule has 0 atom stereocenters. The SMILES string of the molecule is C/C=C/c1ccc(OCC(=O)NC2CCC(N)CC2)c(OC)c1. The van der Waals surface area contributed by atoms with Crippen LogP contribution in [0.15, 0.2) is 24.3 Å². The molecule has 1 aliphatic rings. The van der Waals surface area contributed by atoms with Gasteiger partial charge in [-0.3, -0.25) is 4.79 Å². The predicted molar refractivity (Wildman–Crippen MR) is 91.6 cm³/mol. The van der Waals surface area contributed by atoms with Crippen LogP contribution < -0.4 is 20.5 Å². The van der Waals surface area contributed by atoms with E-state index in [9.17, 15) is 4.79 Å². The van der Waals surface area contributed by atoms with Gasteiger partial charge in [-0.1, -0.05) is 18.2 Å². The minimum Gasteiger partial charge on any atom is -0.493 e. The maximum atomic E-state index is 12.0. The normalized spacial score (nSPS) is 21.2. The van der Waals surface area contributed by atoms with E-state index in [1.165, 1.54) is 0 Å². The number of methoxy groups -OCH3 is 1. The second kappa shape index (κ2) is 8.58. The highest BCUT2D eigenvalue weighted by Gasteiger charge is 2.20. The van der Waals surface area contributed by atoms with Gasteiger partial charge in [0.1, 0.15) is 0 Å². The Kier molecular flexibility index (Phi) is 6.47. The summed E-state index contributed by atoms with van der Waals surface area (Å²) in [6, 6.07) is 6.12. The number of carbonyl (C=O) groups is 1. The molecular formula is C18H26N2O3. The summed E-state index contributed by atoms with van der Waals surface area (Å²) in [5, 5.41) is 3.01. The van der Waals surface area contributed by atoms with Gasteiger partial charge in [0.25, 0.3) is 5.91 Å². The first kappa shape index (κ1) is 17.3. The molecule has 5 nitrogen and oxygen atoms in total. The molecular weight excluding hydrogens is 292 g/mol. The molecule has 0 spiro atoms. The molecule has 126 valence electrons. The molecule has 0 saturated heterocycles. The van der Waals surface area contributed by atoms with Crippen molar-refractivity contribution in [3.05, 3.63) is 29.8 Å². The number of hydrogen-bond acceptors (Lipinski definition) is 4. The van der Waals surface area contributed by atoms with Crippen molar-refractivity contribution in [2.24, 2.45) is 5.73 Å². The lowest BCUT2D eigenvalue weighted by Gasteiger charge is -2.26. The summed E-state index contributed by atoms with van der Waals surface area (Å²) in [4.78, 5) is 12.0. The van der Waals surface area contributed by atoms with E-state index in [0.29, 0.717) is 11.5 Å². The fourth-order valence-electron chi connectivity index (χ4n) is 2.78. The first-order valence-corrected chi connectivity index (χ1v) is 8.11. The van der Waals surface area contributed by atoms with E-state index < -0.39 is 0 Å². The second-order valence-corrected chi connectivity index (χ2v) is 5.88. The Balaban J connectivity index is 1.86. The van der Waals surface area contributed by atoms with Gasteiger partial charge in [0.2, 0.25) is 0 Å². The maximum Gasteiger partial charge on any atom is 0.258 e. The lowest BCUT2D eigenvalue weighted by molar-refractivity contribution is -0.124. The van der Waals surface area contributed by atoms with Crippen LogP contribution in [0.5, 0.6) is 11.5 Å². The molecule has 1 fully saturated rings. The van der Waals surface area contributed by atoms with Crippen LogP contribution in [0.4, 0.5) is 0 Å². The molecule has 0 aliphatic heterocycles. The third-order valence-electron chi connectivity index (χ3n) is 4.04. The lowest BCUT2D eigenvalue weighted by Crippen LogP contribution is -2.42. The molecule has 5 heteroatoms. The molecule has 23 heavy (non-hydrogen) atoms. The Morgan fingerprint density at radius 2 is 2.04 bits per heavy atom. The van der Waals surface area contributed by atoms with Crippen LogP contribution in [0.3, 0.4) is 0 Å². The van der Waals surface area contributed by atoms with Crippen molar-refractivity contribution < 1.29 is 14.3 Å². The van der Waals surface area contributed by atoms with Crippen molar-refractivity contribution in [3.63, 3.8) is 0 Å². The summed E-state index contributed by atoms with van der Waals surface area (Å²) in [7, 11) is 1.59. The summed E-state index contributed by atoms with van der Waals surface area (Å²) in [5.41, 5.74) is 6.90. The van der Waals surface area contributed by atoms with Crippen LogP contribution >= 0.6 is 0 Å². The summed E-state index contributed by atoms with van der Waals surface area (Å²) in [6.07, 6.45) is 7.74. The van der Waals surface area contributed by atoms with Crippen LogP contribution in [0.1, 0.15) is 38.2 Å². The van der Waals surface area contributed by atoms with E-state index >= 15 is 0 Å². The third-order valence-corrected chi connectivity index (χ3v) is 4.04. The number of nitrogens with two attached hydrogens (primary N) is 1. The number of nitrogens with one attached hydrogen (secondary N) is 1. The van der Waals surface area contributed by atoms with E-state index in [1.54, 1.807) is 7.11 Å². The third kappa shape index (κ3) is 5.28. The molecule has 0 unspecified atom stereocenters. The zero-order valence-corrected chi connectivity index (χ0v) is 13.9. The number of benzene rings is 1. The number of carbonyl (C=O) groups excluding carboxylic acids is 1. The number of hydrogen-bond donors (Lipinski definition) is 2. The Morgan fingerprint density at radius 3 is 2.70 bits per heavy atom. The quantitative estimate of drug-likeness (QED) is 0.845. The Bertz CT molecular complexity index is 549. The van der Waals surface area contributed by atoms with Crippen LogP contribution in [0.25, 0.3) is 6.08 Å². The van der Waals surface area contributed by atoms with Gasteiger partial charge < -0.3 is 20.5 Å². The van der Waals surface area contributed by atoms with Crippen molar-refractivity contribution in [2.75, 3.05) is 13.7 Å². The Morgan fingerprint density at radius 1 is 1.30 bits per heavy atom. The van der Waals surface area contributed by atoms with Gasteiger partial charge in [0, 0.05) is 12.1 Å². The fourth-order valence-corrected chi connectivity index (χ4v) is 2.78. The van der Waals surface area contributed by atoms with E-state index in [4.69, 9.17) is 15.2 Å². The van der Waals surface area contributed by atoms with Gasteiger partial charge in [-0.15, -0.1) is 0 Å². The van der Waals surface area contributed by atoms with E-state index in [2.05, 4.69) is 5.32 Å². The summed E-state index contributed by atoms with van der Waals surface area (Å²) in [5.74, 6) is 1.09. The summed E-state index contributed by atoms with van der Waals surface area (Å²) >= 11 is 0. The topological polar surface area (TPSA) is 73.6 Å². The number of ether oxygens (including phenoxy) is 2. The van der Waals surface area contributed by atoms with Gasteiger partial charge in [-0.2, -0.15) is 0 Å². The van der Waals surface area contributed by atoms with Crippen molar-refractivity contribution in [1.82, 2.24) is 5.32 Å². The Hall–Kier alpha value is -2.01. The van der Waals surface area contributed by atoms with Crippen LogP contribution in [-0.4, -0.2) is 31.7 Å². The van der Waals surface area contributed by atoms with Crippen LogP contribution in [-0.2, 0) is 4.79 Å². The molecule has 3 N–H and O–H groups in total. The zero-order valence-electron chi connectivity index (χ0n) is 13.9. The van der Waals surface area contributed by atoms with Crippen molar-refractivity contribution >= 4 is 12.0 Å². The van der Waals surface area contributed by atoms with E-state index in [0.717, 1.165) is 31.2 Å². The van der Waals surface area contributed by atoms with E-state index in [1.807, 2.05) is 37.3 Å².